The van der Waals surface area contributed by atoms with Crippen LogP contribution in [0.5, 0.6) is 0 Å². The average Bonchev–Trinajstić information content (AvgIpc) is 2.90. The molecule has 0 radical (unpaired) electrons. The van der Waals surface area contributed by atoms with Gasteiger partial charge in [0.25, 0.3) is 0 Å². The number of hydrogen-bond acceptors (Lipinski definition) is 4. The van der Waals surface area contributed by atoms with Gasteiger partial charge >= 0.3 is 0 Å². The normalized spacial score (nSPS) is 37.1. The highest BCUT2D eigenvalue weighted by Gasteiger charge is 2.32. The van der Waals surface area contributed by atoms with Crippen molar-refractivity contribution in [3.8, 4) is 0 Å². The van der Waals surface area contributed by atoms with E-state index in [1.165, 1.54) is 84.6 Å². The molecule has 0 aromatic rings. The van der Waals surface area contributed by atoms with Crippen molar-refractivity contribution < 1.29 is 0 Å². The second-order valence-electron chi connectivity index (χ2n) is 7.94. The van der Waals surface area contributed by atoms with Gasteiger partial charge in [0, 0.05) is 51.9 Å². The van der Waals surface area contributed by atoms with Gasteiger partial charge in [0.1, 0.15) is 0 Å². The highest BCUT2D eigenvalue weighted by atomic mass is 15.3. The maximum atomic E-state index is 3.53. The minimum absolute atomic E-state index is 0.520. The molecule has 122 valence electrons. The Kier molecular flexibility index (Phi) is 5.20. The molecule has 0 amide bonds. The molecule has 2 unspecified atom stereocenters. The molecule has 0 bridgehead atoms. The molecule has 3 aliphatic rings. The van der Waals surface area contributed by atoms with Crippen LogP contribution in [0.1, 0.15) is 32.6 Å². The Bertz CT molecular complexity index is 319. The van der Waals surface area contributed by atoms with Crippen LogP contribution in [0, 0.1) is 5.41 Å². The summed E-state index contributed by atoms with van der Waals surface area (Å²) in [5, 5.41) is 3.53. The Morgan fingerprint density at radius 2 is 1.81 bits per heavy atom. The third kappa shape index (κ3) is 4.19. The Hall–Kier alpha value is -0.160. The van der Waals surface area contributed by atoms with Crippen molar-refractivity contribution >= 4 is 0 Å². The molecule has 4 heteroatoms. The fraction of sp³-hybridized carbons (Fsp3) is 1.00. The second-order valence-corrected chi connectivity index (χ2v) is 7.94. The van der Waals surface area contributed by atoms with Gasteiger partial charge in [-0.3, -0.25) is 4.90 Å². The number of rotatable bonds is 4. The summed E-state index contributed by atoms with van der Waals surface area (Å²) in [5.74, 6) is 0. The quantitative estimate of drug-likeness (QED) is 0.838. The lowest BCUT2D eigenvalue weighted by atomic mass is 9.89. The van der Waals surface area contributed by atoms with Gasteiger partial charge in [-0.1, -0.05) is 13.3 Å². The second kappa shape index (κ2) is 6.95. The van der Waals surface area contributed by atoms with Crippen LogP contribution in [0.4, 0.5) is 0 Å². The number of hydrogen-bond donors (Lipinski definition) is 1. The molecule has 0 aromatic carbocycles. The minimum Gasteiger partial charge on any atom is -0.316 e. The number of nitrogens with one attached hydrogen (secondary N) is 1. The van der Waals surface area contributed by atoms with Crippen LogP contribution < -0.4 is 5.32 Å². The van der Waals surface area contributed by atoms with Gasteiger partial charge in [-0.25, -0.2) is 0 Å². The van der Waals surface area contributed by atoms with E-state index in [2.05, 4.69) is 34.0 Å². The summed E-state index contributed by atoms with van der Waals surface area (Å²) in [7, 11) is 2.31. The van der Waals surface area contributed by atoms with Crippen molar-refractivity contribution in [2.75, 3.05) is 66.0 Å². The summed E-state index contributed by atoms with van der Waals surface area (Å²) < 4.78 is 0. The maximum Gasteiger partial charge on any atom is 0.0220 e. The van der Waals surface area contributed by atoms with E-state index in [1.807, 2.05) is 0 Å². The lowest BCUT2D eigenvalue weighted by molar-refractivity contribution is 0.0678. The molecule has 4 nitrogen and oxygen atoms in total. The summed E-state index contributed by atoms with van der Waals surface area (Å²) in [6.45, 7) is 13.8. The fourth-order valence-corrected chi connectivity index (χ4v) is 4.35. The van der Waals surface area contributed by atoms with E-state index in [9.17, 15) is 0 Å². The summed E-state index contributed by atoms with van der Waals surface area (Å²) >= 11 is 0. The van der Waals surface area contributed by atoms with Crippen LogP contribution in [0.25, 0.3) is 0 Å². The SMILES string of the molecule is CN1CCCCC1CN1CCN(CC2(C)CCNC2)CC1. The number of likely N-dealkylation sites (N-methyl/N-ethyl adjacent to an activating group) is 1. The molecule has 2 atom stereocenters. The first kappa shape index (κ1) is 15.7. The third-order valence-corrected chi connectivity index (χ3v) is 5.92. The van der Waals surface area contributed by atoms with Crippen LogP contribution in [0.3, 0.4) is 0 Å². The first-order valence-corrected chi connectivity index (χ1v) is 9.00. The molecular weight excluding hydrogens is 260 g/mol. The molecule has 3 fully saturated rings. The predicted octanol–water partition coefficient (Wildman–Crippen LogP) is 1.09. The van der Waals surface area contributed by atoms with Crippen LogP contribution in [-0.4, -0.2) is 86.7 Å². The van der Waals surface area contributed by atoms with Gasteiger partial charge in [-0.15, -0.1) is 0 Å². The molecule has 3 aliphatic heterocycles. The molecule has 0 saturated carbocycles. The molecule has 0 aliphatic carbocycles. The van der Waals surface area contributed by atoms with E-state index < -0.39 is 0 Å². The highest BCUT2D eigenvalue weighted by Crippen LogP contribution is 2.26. The zero-order valence-corrected chi connectivity index (χ0v) is 14.1. The first-order valence-electron chi connectivity index (χ1n) is 9.00. The van der Waals surface area contributed by atoms with Crippen molar-refractivity contribution in [2.24, 2.45) is 5.41 Å². The molecule has 0 aromatic heterocycles. The zero-order valence-electron chi connectivity index (χ0n) is 14.1. The van der Waals surface area contributed by atoms with Gasteiger partial charge in [0.05, 0.1) is 0 Å². The number of piperazine rings is 1. The minimum atomic E-state index is 0.520. The van der Waals surface area contributed by atoms with E-state index in [0.717, 1.165) is 6.04 Å². The Balaban J connectivity index is 1.40. The van der Waals surface area contributed by atoms with Crippen molar-refractivity contribution in [3.05, 3.63) is 0 Å². The summed E-state index contributed by atoms with van der Waals surface area (Å²) in [4.78, 5) is 7.99. The van der Waals surface area contributed by atoms with E-state index in [1.54, 1.807) is 0 Å². The zero-order chi connectivity index (χ0) is 14.7. The van der Waals surface area contributed by atoms with Crippen LogP contribution >= 0.6 is 0 Å². The van der Waals surface area contributed by atoms with Crippen molar-refractivity contribution in [1.29, 1.82) is 0 Å². The largest absolute Gasteiger partial charge is 0.316 e. The number of piperidine rings is 1. The molecule has 0 spiro atoms. The van der Waals surface area contributed by atoms with Crippen LogP contribution in [0.15, 0.2) is 0 Å². The average molecular weight is 294 g/mol. The Morgan fingerprint density at radius 3 is 2.48 bits per heavy atom. The Labute approximate surface area is 130 Å². The molecule has 3 heterocycles. The van der Waals surface area contributed by atoms with Crippen molar-refractivity contribution in [1.82, 2.24) is 20.0 Å². The first-order chi connectivity index (χ1) is 10.1. The predicted molar refractivity (Wildman–Crippen MR) is 88.7 cm³/mol. The van der Waals surface area contributed by atoms with E-state index in [4.69, 9.17) is 0 Å². The third-order valence-electron chi connectivity index (χ3n) is 5.92. The molecule has 1 N–H and O–H groups in total. The van der Waals surface area contributed by atoms with Gasteiger partial charge in [0.15, 0.2) is 0 Å². The monoisotopic (exact) mass is 294 g/mol. The van der Waals surface area contributed by atoms with Crippen LogP contribution in [-0.2, 0) is 0 Å². The van der Waals surface area contributed by atoms with E-state index in [0.29, 0.717) is 5.41 Å². The lowest BCUT2D eigenvalue weighted by Gasteiger charge is -2.41. The van der Waals surface area contributed by atoms with Gasteiger partial charge in [-0.2, -0.15) is 0 Å². The van der Waals surface area contributed by atoms with Gasteiger partial charge in [-0.05, 0) is 44.8 Å². The van der Waals surface area contributed by atoms with Crippen molar-refractivity contribution in [3.63, 3.8) is 0 Å². The van der Waals surface area contributed by atoms with Gasteiger partial charge in [0.2, 0.25) is 0 Å². The number of nitrogens with zero attached hydrogens (tertiary/aromatic N) is 3. The topological polar surface area (TPSA) is 21.8 Å². The smallest absolute Gasteiger partial charge is 0.0220 e. The van der Waals surface area contributed by atoms with E-state index >= 15 is 0 Å². The summed E-state index contributed by atoms with van der Waals surface area (Å²) in [5.41, 5.74) is 0.520. The highest BCUT2D eigenvalue weighted by molar-refractivity contribution is 4.88. The molecule has 3 rings (SSSR count). The van der Waals surface area contributed by atoms with Crippen molar-refractivity contribution in [2.45, 2.75) is 38.6 Å². The molecule has 21 heavy (non-hydrogen) atoms. The summed E-state index contributed by atoms with van der Waals surface area (Å²) in [6, 6.07) is 0.807. The summed E-state index contributed by atoms with van der Waals surface area (Å²) in [6.07, 6.45) is 5.58. The van der Waals surface area contributed by atoms with Crippen LogP contribution in [0.2, 0.25) is 0 Å². The maximum absolute atomic E-state index is 3.53. The lowest BCUT2D eigenvalue weighted by Crippen LogP contribution is -2.53. The van der Waals surface area contributed by atoms with E-state index in [-0.39, 0.29) is 0 Å². The molecular formula is C17H34N4. The van der Waals surface area contributed by atoms with Gasteiger partial charge < -0.3 is 15.1 Å². The Morgan fingerprint density at radius 1 is 1.05 bits per heavy atom. The fourth-order valence-electron chi connectivity index (χ4n) is 4.35. The standard InChI is InChI=1S/C17H34N4/c1-17(6-7-18-14-17)15-21-11-9-20(10-12-21)13-16-5-3-4-8-19(16)2/h16,18H,3-15H2,1-2H3. The number of likely N-dealkylation sites (tertiary alicyclic amines) is 1. The molecule has 3 saturated heterocycles.